The molecule has 1 fully saturated rings. The highest BCUT2D eigenvalue weighted by Crippen LogP contribution is 2.26. The summed E-state index contributed by atoms with van der Waals surface area (Å²) < 4.78 is 3.00. The Morgan fingerprint density at radius 2 is 2.04 bits per heavy atom. The van der Waals surface area contributed by atoms with Crippen LogP contribution in [0, 0.1) is 6.92 Å². The molecule has 0 aliphatic carbocycles. The first-order valence-electron chi connectivity index (χ1n) is 8.72. The fourth-order valence-corrected chi connectivity index (χ4v) is 4.11. The lowest BCUT2D eigenvalue weighted by molar-refractivity contribution is 0.176. The first-order chi connectivity index (χ1) is 12.5. The van der Waals surface area contributed by atoms with E-state index in [9.17, 15) is 0 Å². The fourth-order valence-electron chi connectivity index (χ4n) is 3.09. The molecule has 0 spiro atoms. The van der Waals surface area contributed by atoms with Crippen LogP contribution in [0.5, 0.6) is 0 Å². The molecule has 1 aliphatic heterocycles. The highest BCUT2D eigenvalue weighted by Gasteiger charge is 2.20. The van der Waals surface area contributed by atoms with Gasteiger partial charge in [0.2, 0.25) is 0 Å². The van der Waals surface area contributed by atoms with Crippen molar-refractivity contribution in [2.45, 2.75) is 26.9 Å². The average Bonchev–Trinajstić information content (AvgIpc) is 2.98. The van der Waals surface area contributed by atoms with Crippen LogP contribution in [0.3, 0.4) is 0 Å². The second-order valence-corrected chi connectivity index (χ2v) is 8.10. The second-order valence-electron chi connectivity index (χ2n) is 6.39. The van der Waals surface area contributed by atoms with Crippen LogP contribution in [0.15, 0.2) is 28.9 Å². The average molecular weight is 457 g/mol. The summed E-state index contributed by atoms with van der Waals surface area (Å²) in [5.41, 5.74) is 3.41. The second kappa shape index (κ2) is 8.69. The molecule has 1 aromatic carbocycles. The number of anilines is 1. The highest BCUT2D eigenvalue weighted by molar-refractivity contribution is 9.10. The summed E-state index contributed by atoms with van der Waals surface area (Å²) in [4.78, 5) is 4.66. The van der Waals surface area contributed by atoms with Crippen LogP contribution in [0.4, 0.5) is 5.69 Å². The Bertz CT molecular complexity index is 786. The van der Waals surface area contributed by atoms with Crippen molar-refractivity contribution in [1.29, 1.82) is 0 Å². The van der Waals surface area contributed by atoms with Gasteiger partial charge in [0.05, 0.1) is 16.9 Å². The van der Waals surface area contributed by atoms with Crippen LogP contribution in [0.25, 0.3) is 0 Å². The Morgan fingerprint density at radius 1 is 1.31 bits per heavy atom. The van der Waals surface area contributed by atoms with Crippen LogP contribution in [0.1, 0.15) is 18.2 Å². The lowest BCUT2D eigenvalue weighted by atomic mass is 10.2. The molecule has 0 radical (unpaired) electrons. The minimum absolute atomic E-state index is 0.656. The van der Waals surface area contributed by atoms with E-state index in [0.717, 1.165) is 54.5 Å². The predicted octanol–water partition coefficient (Wildman–Crippen LogP) is 4.14. The smallest absolute Gasteiger partial charge is 0.173 e. The van der Waals surface area contributed by atoms with Crippen molar-refractivity contribution in [3.05, 3.63) is 45.1 Å². The van der Waals surface area contributed by atoms with E-state index in [1.54, 1.807) is 0 Å². The number of hydrogen-bond donors (Lipinski definition) is 1. The Labute approximate surface area is 173 Å². The molecule has 1 aliphatic rings. The van der Waals surface area contributed by atoms with Crippen molar-refractivity contribution in [2.24, 2.45) is 0 Å². The molecule has 2 aromatic rings. The summed E-state index contributed by atoms with van der Waals surface area (Å²) in [6.07, 6.45) is 1.99. The molecule has 1 saturated heterocycles. The van der Waals surface area contributed by atoms with Gasteiger partial charge in [-0.15, -0.1) is 0 Å². The lowest BCUT2D eigenvalue weighted by Crippen LogP contribution is -2.49. The number of benzene rings is 1. The zero-order chi connectivity index (χ0) is 18.7. The SMILES string of the molecule is CCn1ncc(CN2CCN(C(=S)Nc3ccc(Br)cc3Cl)CC2)c1C. The minimum atomic E-state index is 0.656. The van der Waals surface area contributed by atoms with E-state index in [0.29, 0.717) is 5.02 Å². The number of rotatable bonds is 4. The molecular formula is C18H23BrClN5S. The molecule has 1 aromatic heterocycles. The molecule has 26 heavy (non-hydrogen) atoms. The van der Waals surface area contributed by atoms with Gasteiger partial charge >= 0.3 is 0 Å². The number of nitrogens with zero attached hydrogens (tertiary/aromatic N) is 4. The van der Waals surface area contributed by atoms with Gasteiger partial charge in [0.25, 0.3) is 0 Å². The molecule has 140 valence electrons. The van der Waals surface area contributed by atoms with Gasteiger partial charge in [-0.2, -0.15) is 5.10 Å². The molecule has 0 bridgehead atoms. The molecule has 2 heterocycles. The number of aryl methyl sites for hydroxylation is 1. The Balaban J connectivity index is 1.52. The molecule has 0 atom stereocenters. The fraction of sp³-hybridized carbons (Fsp3) is 0.444. The van der Waals surface area contributed by atoms with Gasteiger partial charge in [0.15, 0.2) is 5.11 Å². The minimum Gasteiger partial charge on any atom is -0.346 e. The Morgan fingerprint density at radius 3 is 2.65 bits per heavy atom. The highest BCUT2D eigenvalue weighted by atomic mass is 79.9. The molecular weight excluding hydrogens is 434 g/mol. The van der Waals surface area contributed by atoms with Crippen molar-refractivity contribution < 1.29 is 0 Å². The van der Waals surface area contributed by atoms with Gasteiger partial charge in [0, 0.05) is 55.0 Å². The van der Waals surface area contributed by atoms with Gasteiger partial charge in [-0.1, -0.05) is 27.5 Å². The zero-order valence-corrected chi connectivity index (χ0v) is 18.2. The van der Waals surface area contributed by atoms with Gasteiger partial charge in [-0.05, 0) is 44.3 Å². The molecule has 0 unspecified atom stereocenters. The molecule has 1 N–H and O–H groups in total. The van der Waals surface area contributed by atoms with E-state index < -0.39 is 0 Å². The number of halogens is 2. The Hall–Kier alpha value is -1.15. The molecule has 3 rings (SSSR count). The van der Waals surface area contributed by atoms with Crippen LogP contribution < -0.4 is 5.32 Å². The van der Waals surface area contributed by atoms with E-state index in [4.69, 9.17) is 23.8 Å². The van der Waals surface area contributed by atoms with Gasteiger partial charge in [0.1, 0.15) is 0 Å². The van der Waals surface area contributed by atoms with E-state index in [1.165, 1.54) is 11.3 Å². The maximum absolute atomic E-state index is 6.27. The van der Waals surface area contributed by atoms with Gasteiger partial charge < -0.3 is 10.2 Å². The van der Waals surface area contributed by atoms with Crippen LogP contribution in [-0.4, -0.2) is 50.9 Å². The first-order valence-corrected chi connectivity index (χ1v) is 10.3. The van der Waals surface area contributed by atoms with Crippen molar-refractivity contribution in [2.75, 3.05) is 31.5 Å². The third kappa shape index (κ3) is 4.57. The van der Waals surface area contributed by atoms with Crippen LogP contribution in [0.2, 0.25) is 5.02 Å². The number of aromatic nitrogens is 2. The number of thiocarbonyl (C=S) groups is 1. The third-order valence-corrected chi connectivity index (χ3v) is 5.90. The Kier molecular flexibility index (Phi) is 6.55. The summed E-state index contributed by atoms with van der Waals surface area (Å²) >= 11 is 15.3. The van der Waals surface area contributed by atoms with E-state index in [-0.39, 0.29) is 0 Å². The van der Waals surface area contributed by atoms with Gasteiger partial charge in [-0.25, -0.2) is 0 Å². The van der Waals surface area contributed by atoms with Gasteiger partial charge in [-0.3, -0.25) is 9.58 Å². The predicted molar refractivity (Wildman–Crippen MR) is 115 cm³/mol. The first kappa shape index (κ1) is 19.6. The van der Waals surface area contributed by atoms with Crippen molar-refractivity contribution in [3.8, 4) is 0 Å². The van der Waals surface area contributed by atoms with E-state index in [2.05, 4.69) is 50.0 Å². The largest absolute Gasteiger partial charge is 0.346 e. The van der Waals surface area contributed by atoms with Crippen LogP contribution >= 0.6 is 39.7 Å². The maximum Gasteiger partial charge on any atom is 0.173 e. The van der Waals surface area contributed by atoms with Crippen molar-refractivity contribution >= 4 is 50.5 Å². The summed E-state index contributed by atoms with van der Waals surface area (Å²) in [6.45, 7) is 9.88. The zero-order valence-electron chi connectivity index (χ0n) is 15.0. The molecule has 5 nitrogen and oxygen atoms in total. The summed E-state index contributed by atoms with van der Waals surface area (Å²) in [6, 6.07) is 5.75. The lowest BCUT2D eigenvalue weighted by Gasteiger charge is -2.36. The van der Waals surface area contributed by atoms with Crippen LogP contribution in [-0.2, 0) is 13.1 Å². The topological polar surface area (TPSA) is 36.3 Å². The van der Waals surface area contributed by atoms with E-state index in [1.807, 2.05) is 29.1 Å². The molecule has 8 heteroatoms. The normalized spacial score (nSPS) is 15.3. The summed E-state index contributed by atoms with van der Waals surface area (Å²) in [5, 5.41) is 9.08. The molecule has 0 amide bonds. The molecule has 0 saturated carbocycles. The van der Waals surface area contributed by atoms with Crippen molar-refractivity contribution in [3.63, 3.8) is 0 Å². The number of nitrogens with one attached hydrogen (secondary N) is 1. The monoisotopic (exact) mass is 455 g/mol. The van der Waals surface area contributed by atoms with E-state index >= 15 is 0 Å². The number of hydrogen-bond acceptors (Lipinski definition) is 3. The summed E-state index contributed by atoms with van der Waals surface area (Å²) in [7, 11) is 0. The maximum atomic E-state index is 6.27. The quantitative estimate of drug-likeness (QED) is 0.700. The summed E-state index contributed by atoms with van der Waals surface area (Å²) in [5.74, 6) is 0. The third-order valence-electron chi connectivity index (χ3n) is 4.73. The standard InChI is InChI=1S/C18H23BrClN5S/c1-3-25-13(2)14(11-21-25)12-23-6-8-24(9-7-23)18(26)22-17-5-4-15(19)10-16(17)20/h4-5,10-11H,3,6-9,12H2,1-2H3,(H,22,26). The van der Waals surface area contributed by atoms with Crippen molar-refractivity contribution in [1.82, 2.24) is 19.6 Å². The number of piperazine rings is 1.